The SMILES string of the molecule is CC(C)(C)C(=O)O.CN1CC2CCC21C. The highest BCUT2D eigenvalue weighted by Crippen LogP contribution is 2.50. The van der Waals surface area contributed by atoms with Crippen LogP contribution in [0.4, 0.5) is 0 Å². The van der Waals surface area contributed by atoms with Crippen LogP contribution >= 0.6 is 0 Å². The fraction of sp³-hybridized carbons (Fsp3) is 0.917. The molecule has 88 valence electrons. The second-order valence-corrected chi connectivity index (χ2v) is 6.03. The molecule has 1 saturated carbocycles. The molecule has 0 aromatic carbocycles. The molecule has 3 heteroatoms. The monoisotopic (exact) mass is 213 g/mol. The third kappa shape index (κ3) is 2.33. The summed E-state index contributed by atoms with van der Waals surface area (Å²) in [5, 5.41) is 8.25. The van der Waals surface area contributed by atoms with Crippen molar-refractivity contribution in [1.82, 2.24) is 4.90 Å². The van der Waals surface area contributed by atoms with E-state index in [4.69, 9.17) is 5.11 Å². The van der Waals surface area contributed by atoms with Crippen molar-refractivity contribution in [3.8, 4) is 0 Å². The van der Waals surface area contributed by atoms with E-state index in [2.05, 4.69) is 18.9 Å². The van der Waals surface area contributed by atoms with Crippen LogP contribution < -0.4 is 0 Å². The maximum Gasteiger partial charge on any atom is 0.308 e. The number of nitrogens with zero attached hydrogens (tertiary/aromatic N) is 1. The van der Waals surface area contributed by atoms with E-state index < -0.39 is 11.4 Å². The molecule has 0 bridgehead atoms. The molecule has 2 fully saturated rings. The standard InChI is InChI=1S/C7H13N.C5H10O2/c1-7-4-3-6(7)5-8(7)2;1-5(2,3)4(6)7/h6H,3-5H2,1-2H3;1-3H3,(H,6,7). The molecule has 2 rings (SSSR count). The van der Waals surface area contributed by atoms with Gasteiger partial charge < -0.3 is 10.0 Å². The molecule has 0 aromatic heterocycles. The van der Waals surface area contributed by atoms with Gasteiger partial charge in [-0.05, 0) is 53.5 Å². The molecular formula is C12H23NO2. The largest absolute Gasteiger partial charge is 0.481 e. The van der Waals surface area contributed by atoms with Crippen molar-refractivity contribution in [1.29, 1.82) is 0 Å². The summed E-state index contributed by atoms with van der Waals surface area (Å²) >= 11 is 0. The van der Waals surface area contributed by atoms with Crippen LogP contribution in [0.3, 0.4) is 0 Å². The highest BCUT2D eigenvalue weighted by atomic mass is 16.4. The quantitative estimate of drug-likeness (QED) is 0.670. The number of hydrogen-bond acceptors (Lipinski definition) is 2. The van der Waals surface area contributed by atoms with E-state index >= 15 is 0 Å². The van der Waals surface area contributed by atoms with E-state index in [-0.39, 0.29) is 0 Å². The molecule has 1 heterocycles. The normalized spacial score (nSPS) is 34.1. The van der Waals surface area contributed by atoms with Crippen LogP contribution in [0.2, 0.25) is 0 Å². The van der Waals surface area contributed by atoms with Crippen LogP contribution in [0.15, 0.2) is 0 Å². The number of carboxylic acids is 1. The Hall–Kier alpha value is -0.570. The Morgan fingerprint density at radius 3 is 1.93 bits per heavy atom. The first kappa shape index (κ1) is 12.5. The third-order valence-electron chi connectivity index (χ3n) is 3.89. The average molecular weight is 213 g/mol. The number of hydrogen-bond donors (Lipinski definition) is 1. The van der Waals surface area contributed by atoms with Gasteiger partial charge in [-0.25, -0.2) is 0 Å². The predicted molar refractivity (Wildman–Crippen MR) is 60.8 cm³/mol. The summed E-state index contributed by atoms with van der Waals surface area (Å²) in [5.41, 5.74) is 0.0694. The van der Waals surface area contributed by atoms with Crippen molar-refractivity contribution in [2.45, 2.75) is 46.1 Å². The molecule has 1 aliphatic heterocycles. The Balaban J connectivity index is 0.000000153. The predicted octanol–water partition coefficient (Wildman–Crippen LogP) is 2.22. The zero-order chi connectivity index (χ0) is 11.9. The van der Waals surface area contributed by atoms with E-state index in [0.29, 0.717) is 5.54 Å². The van der Waals surface area contributed by atoms with E-state index in [9.17, 15) is 4.79 Å². The van der Waals surface area contributed by atoms with Crippen LogP contribution in [0.5, 0.6) is 0 Å². The van der Waals surface area contributed by atoms with Gasteiger partial charge in [0.05, 0.1) is 5.41 Å². The summed E-state index contributed by atoms with van der Waals surface area (Å²) in [6.07, 6.45) is 2.93. The molecule has 15 heavy (non-hydrogen) atoms. The molecule has 0 amide bonds. The van der Waals surface area contributed by atoms with Gasteiger partial charge in [-0.1, -0.05) is 0 Å². The first-order valence-corrected chi connectivity index (χ1v) is 5.62. The molecule has 2 aliphatic rings. The molecule has 0 aromatic rings. The van der Waals surface area contributed by atoms with Gasteiger partial charge in [0.25, 0.3) is 0 Å². The summed E-state index contributed by atoms with van der Waals surface area (Å²) in [6.45, 7) is 8.72. The van der Waals surface area contributed by atoms with Crippen LogP contribution in [0, 0.1) is 11.3 Å². The van der Waals surface area contributed by atoms with E-state index in [1.807, 2.05) is 0 Å². The fourth-order valence-corrected chi connectivity index (χ4v) is 1.98. The Kier molecular flexibility index (Phi) is 3.15. The number of likely N-dealkylation sites (tertiary alicyclic amines) is 1. The van der Waals surface area contributed by atoms with E-state index in [1.165, 1.54) is 19.4 Å². The van der Waals surface area contributed by atoms with E-state index in [0.717, 1.165) is 5.92 Å². The molecule has 1 saturated heterocycles. The summed E-state index contributed by atoms with van der Waals surface area (Å²) in [6, 6.07) is 0. The number of aliphatic carboxylic acids is 1. The second kappa shape index (κ2) is 3.78. The lowest BCUT2D eigenvalue weighted by Crippen LogP contribution is -2.69. The Morgan fingerprint density at radius 2 is 1.93 bits per heavy atom. The van der Waals surface area contributed by atoms with Crippen molar-refractivity contribution < 1.29 is 9.90 Å². The Morgan fingerprint density at radius 1 is 1.47 bits per heavy atom. The summed E-state index contributed by atoms with van der Waals surface area (Å²) in [4.78, 5) is 12.5. The van der Waals surface area contributed by atoms with Gasteiger partial charge in [-0.15, -0.1) is 0 Å². The van der Waals surface area contributed by atoms with Gasteiger partial charge in [0.15, 0.2) is 0 Å². The van der Waals surface area contributed by atoms with Crippen molar-refractivity contribution >= 4 is 5.97 Å². The fourth-order valence-electron chi connectivity index (χ4n) is 1.98. The summed E-state index contributed by atoms with van der Waals surface area (Å²) < 4.78 is 0. The number of fused-ring (bicyclic) bond motifs is 1. The smallest absolute Gasteiger partial charge is 0.308 e. The number of carboxylic acid groups (broad SMARTS) is 1. The Bertz CT molecular complexity index is 251. The minimum Gasteiger partial charge on any atom is -0.481 e. The molecule has 0 radical (unpaired) electrons. The van der Waals surface area contributed by atoms with Gasteiger partial charge in [0, 0.05) is 12.1 Å². The van der Waals surface area contributed by atoms with Gasteiger partial charge in [0.1, 0.15) is 0 Å². The average Bonchev–Trinajstić information content (AvgIpc) is 2.11. The van der Waals surface area contributed by atoms with Gasteiger partial charge in [-0.3, -0.25) is 4.79 Å². The molecule has 3 nitrogen and oxygen atoms in total. The summed E-state index contributed by atoms with van der Waals surface area (Å²) in [5.74, 6) is 0.306. The van der Waals surface area contributed by atoms with Crippen LogP contribution in [0.1, 0.15) is 40.5 Å². The summed E-state index contributed by atoms with van der Waals surface area (Å²) in [7, 11) is 2.23. The molecule has 2 unspecified atom stereocenters. The zero-order valence-corrected chi connectivity index (χ0v) is 10.5. The second-order valence-electron chi connectivity index (χ2n) is 6.03. The van der Waals surface area contributed by atoms with Gasteiger partial charge in [0.2, 0.25) is 0 Å². The zero-order valence-electron chi connectivity index (χ0n) is 10.5. The number of rotatable bonds is 0. The lowest BCUT2D eigenvalue weighted by Gasteiger charge is -2.63. The lowest BCUT2D eigenvalue weighted by molar-refractivity contribution is -0.145. The number of carbonyl (C=O) groups is 1. The van der Waals surface area contributed by atoms with Gasteiger partial charge in [-0.2, -0.15) is 0 Å². The Labute approximate surface area is 92.5 Å². The number of piperidine rings is 1. The first-order valence-electron chi connectivity index (χ1n) is 5.62. The maximum atomic E-state index is 10.0. The van der Waals surface area contributed by atoms with Crippen molar-refractivity contribution in [2.75, 3.05) is 13.6 Å². The van der Waals surface area contributed by atoms with Crippen molar-refractivity contribution in [3.63, 3.8) is 0 Å². The van der Waals surface area contributed by atoms with Crippen molar-refractivity contribution in [2.24, 2.45) is 11.3 Å². The molecule has 0 spiro atoms. The lowest BCUT2D eigenvalue weighted by atomic mass is 9.60. The minimum absolute atomic E-state index is 0.583. The van der Waals surface area contributed by atoms with Gasteiger partial charge >= 0.3 is 5.97 Å². The highest BCUT2D eigenvalue weighted by molar-refractivity contribution is 5.72. The highest BCUT2D eigenvalue weighted by Gasteiger charge is 2.53. The topological polar surface area (TPSA) is 40.5 Å². The van der Waals surface area contributed by atoms with Crippen LogP contribution in [-0.2, 0) is 4.79 Å². The van der Waals surface area contributed by atoms with Crippen LogP contribution in [-0.4, -0.2) is 35.1 Å². The van der Waals surface area contributed by atoms with E-state index in [1.54, 1.807) is 20.8 Å². The molecule has 1 N–H and O–H groups in total. The van der Waals surface area contributed by atoms with Crippen LogP contribution in [0.25, 0.3) is 0 Å². The molecule has 1 aliphatic carbocycles. The first-order chi connectivity index (χ1) is 6.68. The molecule has 2 atom stereocenters. The third-order valence-corrected chi connectivity index (χ3v) is 3.89. The minimum atomic E-state index is -0.757. The maximum absolute atomic E-state index is 10.0. The molecular weight excluding hydrogens is 190 g/mol. The van der Waals surface area contributed by atoms with Crippen molar-refractivity contribution in [3.05, 3.63) is 0 Å².